The maximum absolute atomic E-state index is 12.4. The lowest BCUT2D eigenvalue weighted by Crippen LogP contribution is -2.33. The van der Waals surface area contributed by atoms with Gasteiger partial charge in [0.15, 0.2) is 0 Å². The highest BCUT2D eigenvalue weighted by Gasteiger charge is 2.38. The van der Waals surface area contributed by atoms with E-state index in [1.54, 1.807) is 30.1 Å². The van der Waals surface area contributed by atoms with E-state index in [0.717, 1.165) is 6.42 Å². The molecule has 1 aliphatic rings. The molecule has 1 fully saturated rings. The molecule has 1 aromatic carbocycles. The Labute approximate surface area is 159 Å². The largest absolute Gasteiger partial charge is 0.355 e. The monoisotopic (exact) mass is 379 g/mol. The third-order valence-corrected chi connectivity index (χ3v) is 5.01. The summed E-state index contributed by atoms with van der Waals surface area (Å²) < 4.78 is 0. The van der Waals surface area contributed by atoms with Crippen LogP contribution in [0.3, 0.4) is 0 Å². The van der Waals surface area contributed by atoms with Gasteiger partial charge in [-0.1, -0.05) is 18.5 Å². The highest BCUT2D eigenvalue weighted by molar-refractivity contribution is 6.33. The van der Waals surface area contributed by atoms with Crippen LogP contribution in [-0.4, -0.2) is 42.3 Å². The first-order valence-electron chi connectivity index (χ1n) is 8.85. The van der Waals surface area contributed by atoms with Crippen molar-refractivity contribution in [1.82, 2.24) is 10.2 Å². The Hall–Kier alpha value is -2.08. The van der Waals surface area contributed by atoms with E-state index in [0.29, 0.717) is 22.2 Å². The molecule has 26 heavy (non-hydrogen) atoms. The summed E-state index contributed by atoms with van der Waals surface area (Å²) in [4.78, 5) is 37.9. The summed E-state index contributed by atoms with van der Waals surface area (Å²) in [5, 5.41) is 5.84. The van der Waals surface area contributed by atoms with Crippen LogP contribution in [0.25, 0.3) is 0 Å². The molecule has 7 heteroatoms. The van der Waals surface area contributed by atoms with Crippen molar-refractivity contribution >= 4 is 35.0 Å². The number of amides is 3. The number of carbonyl (C=O) groups excluding carboxylic acids is 3. The van der Waals surface area contributed by atoms with Crippen molar-refractivity contribution in [1.29, 1.82) is 0 Å². The van der Waals surface area contributed by atoms with Crippen molar-refractivity contribution < 1.29 is 14.4 Å². The smallest absolute Gasteiger partial charge is 0.253 e. The Balaban J connectivity index is 1.91. The molecule has 2 atom stereocenters. The summed E-state index contributed by atoms with van der Waals surface area (Å²) in [7, 11) is 1.73. The lowest BCUT2D eigenvalue weighted by Gasteiger charge is -2.22. The average molecular weight is 380 g/mol. The van der Waals surface area contributed by atoms with Crippen molar-refractivity contribution in [2.75, 3.05) is 18.9 Å². The molecular formula is C19H26ClN3O3. The van der Waals surface area contributed by atoms with E-state index in [1.807, 2.05) is 20.8 Å². The van der Waals surface area contributed by atoms with Gasteiger partial charge in [-0.2, -0.15) is 0 Å². The molecule has 0 radical (unpaired) electrons. The molecule has 2 N–H and O–H groups in total. The normalized spacial score (nSPS) is 18.4. The van der Waals surface area contributed by atoms with Crippen LogP contribution < -0.4 is 10.6 Å². The SMILES string of the molecule is CC(C)N(C)C(=O)c1ccc(Cl)c(NC(=O)CCNC(=O)[C@H]2C[C@H]2C)c1. The van der Waals surface area contributed by atoms with E-state index in [2.05, 4.69) is 10.6 Å². The van der Waals surface area contributed by atoms with Gasteiger partial charge in [0.05, 0.1) is 10.7 Å². The predicted octanol–water partition coefficient (Wildman–Crippen LogP) is 2.92. The molecule has 0 unspecified atom stereocenters. The zero-order valence-electron chi connectivity index (χ0n) is 15.6. The van der Waals surface area contributed by atoms with Crippen LogP contribution in [0.4, 0.5) is 5.69 Å². The van der Waals surface area contributed by atoms with Gasteiger partial charge in [0.1, 0.15) is 0 Å². The van der Waals surface area contributed by atoms with Gasteiger partial charge in [0.2, 0.25) is 11.8 Å². The van der Waals surface area contributed by atoms with Gasteiger partial charge in [-0.05, 0) is 44.4 Å². The molecule has 0 aromatic heterocycles. The van der Waals surface area contributed by atoms with Crippen LogP contribution in [0, 0.1) is 11.8 Å². The first-order valence-corrected chi connectivity index (χ1v) is 9.22. The van der Waals surface area contributed by atoms with Gasteiger partial charge < -0.3 is 15.5 Å². The fourth-order valence-corrected chi connectivity index (χ4v) is 2.69. The molecule has 1 aromatic rings. The Morgan fingerprint density at radius 3 is 2.54 bits per heavy atom. The minimum Gasteiger partial charge on any atom is -0.355 e. The summed E-state index contributed by atoms with van der Waals surface area (Å²) in [5.41, 5.74) is 0.846. The second-order valence-electron chi connectivity index (χ2n) is 7.11. The van der Waals surface area contributed by atoms with E-state index >= 15 is 0 Å². The van der Waals surface area contributed by atoms with Crippen molar-refractivity contribution in [3.05, 3.63) is 28.8 Å². The minimum atomic E-state index is -0.266. The lowest BCUT2D eigenvalue weighted by molar-refractivity contribution is -0.122. The summed E-state index contributed by atoms with van der Waals surface area (Å²) in [6.45, 7) is 6.16. The Bertz CT molecular complexity index is 705. The van der Waals surface area contributed by atoms with E-state index in [-0.39, 0.29) is 42.6 Å². The van der Waals surface area contributed by atoms with Gasteiger partial charge >= 0.3 is 0 Å². The molecule has 142 valence electrons. The zero-order chi connectivity index (χ0) is 19.4. The number of halogens is 1. The fraction of sp³-hybridized carbons (Fsp3) is 0.526. The number of hydrogen-bond donors (Lipinski definition) is 2. The fourth-order valence-electron chi connectivity index (χ4n) is 2.52. The Kier molecular flexibility index (Phi) is 6.64. The minimum absolute atomic E-state index is 0.00708. The molecule has 3 amide bonds. The van der Waals surface area contributed by atoms with Gasteiger partial charge in [-0.3, -0.25) is 14.4 Å². The predicted molar refractivity (Wildman–Crippen MR) is 102 cm³/mol. The quantitative estimate of drug-likeness (QED) is 0.764. The molecule has 0 saturated heterocycles. The summed E-state index contributed by atoms with van der Waals surface area (Å²) >= 11 is 6.13. The number of nitrogens with one attached hydrogen (secondary N) is 2. The number of nitrogens with zero attached hydrogens (tertiary/aromatic N) is 1. The second kappa shape index (κ2) is 8.54. The maximum atomic E-state index is 12.4. The van der Waals surface area contributed by atoms with Crippen molar-refractivity contribution in [2.24, 2.45) is 11.8 Å². The van der Waals surface area contributed by atoms with Crippen LogP contribution in [0.1, 0.15) is 44.0 Å². The zero-order valence-corrected chi connectivity index (χ0v) is 16.4. The lowest BCUT2D eigenvalue weighted by atomic mass is 10.1. The Morgan fingerprint density at radius 1 is 1.31 bits per heavy atom. The van der Waals surface area contributed by atoms with Crippen LogP contribution in [0.15, 0.2) is 18.2 Å². The number of benzene rings is 1. The van der Waals surface area contributed by atoms with Crippen molar-refractivity contribution in [3.63, 3.8) is 0 Å². The second-order valence-corrected chi connectivity index (χ2v) is 7.52. The molecule has 0 heterocycles. The van der Waals surface area contributed by atoms with E-state index in [9.17, 15) is 14.4 Å². The van der Waals surface area contributed by atoms with Crippen LogP contribution in [0.5, 0.6) is 0 Å². The van der Waals surface area contributed by atoms with E-state index < -0.39 is 0 Å². The van der Waals surface area contributed by atoms with Gasteiger partial charge in [-0.25, -0.2) is 0 Å². The highest BCUT2D eigenvalue weighted by Crippen LogP contribution is 2.37. The average Bonchev–Trinajstić information content (AvgIpc) is 3.32. The molecule has 6 nitrogen and oxygen atoms in total. The first kappa shape index (κ1) is 20.2. The summed E-state index contributed by atoms with van der Waals surface area (Å²) in [5.74, 6) is 0.128. The first-order chi connectivity index (χ1) is 12.2. The molecule has 1 aliphatic carbocycles. The topological polar surface area (TPSA) is 78.5 Å². The third kappa shape index (κ3) is 5.21. The molecule has 0 aliphatic heterocycles. The molecule has 2 rings (SSSR count). The van der Waals surface area contributed by atoms with Crippen molar-refractivity contribution in [2.45, 2.75) is 39.7 Å². The third-order valence-electron chi connectivity index (χ3n) is 4.68. The van der Waals surface area contributed by atoms with Gasteiger partial charge in [-0.15, -0.1) is 0 Å². The van der Waals surface area contributed by atoms with E-state index in [1.165, 1.54) is 0 Å². The van der Waals surface area contributed by atoms with Crippen molar-refractivity contribution in [3.8, 4) is 0 Å². The summed E-state index contributed by atoms with van der Waals surface area (Å²) in [6.07, 6.45) is 1.06. The van der Waals surface area contributed by atoms with Gasteiger partial charge in [0.25, 0.3) is 5.91 Å². The highest BCUT2D eigenvalue weighted by atomic mass is 35.5. The molecular weight excluding hydrogens is 354 g/mol. The van der Waals surface area contributed by atoms with Crippen LogP contribution in [0.2, 0.25) is 5.02 Å². The number of rotatable bonds is 7. The van der Waals surface area contributed by atoms with E-state index in [4.69, 9.17) is 11.6 Å². The van der Waals surface area contributed by atoms with Crippen LogP contribution >= 0.6 is 11.6 Å². The Morgan fingerprint density at radius 2 is 1.96 bits per heavy atom. The number of anilines is 1. The number of carbonyl (C=O) groups is 3. The molecule has 1 saturated carbocycles. The number of hydrogen-bond acceptors (Lipinski definition) is 3. The molecule has 0 spiro atoms. The van der Waals surface area contributed by atoms with Crippen LogP contribution in [-0.2, 0) is 9.59 Å². The van der Waals surface area contributed by atoms with Gasteiger partial charge in [0, 0.05) is 37.5 Å². The summed E-state index contributed by atoms with van der Waals surface area (Å²) in [6, 6.07) is 4.87. The molecule has 0 bridgehead atoms. The standard InChI is InChI=1S/C19H26ClN3O3/c1-11(2)23(4)19(26)13-5-6-15(20)16(10-13)22-17(24)7-8-21-18(25)14-9-12(14)3/h5-6,10-12,14H,7-9H2,1-4H3,(H,21,25)(H,22,24)/t12-,14+/m1/s1. The maximum Gasteiger partial charge on any atom is 0.253 e.